The van der Waals surface area contributed by atoms with E-state index in [1.807, 2.05) is 4.57 Å². The molecule has 6 heterocycles. The minimum absolute atomic E-state index is 0.117. The minimum Gasteiger partial charge on any atom is -0.471 e. The Morgan fingerprint density at radius 2 is 1.86 bits per heavy atom. The van der Waals surface area contributed by atoms with Crippen LogP contribution < -0.4 is 10.4 Å². The molecule has 3 saturated heterocycles. The van der Waals surface area contributed by atoms with Crippen molar-refractivity contribution in [2.45, 2.75) is 100 Å². The molecule has 3 aromatic rings. The maximum Gasteiger partial charge on any atom is 0.330 e. The molecule has 0 unspecified atom stereocenters. The Morgan fingerprint density at radius 1 is 1.05 bits per heavy atom. The molecule has 0 amide bonds. The Morgan fingerprint density at radius 3 is 2.61 bits per heavy atom. The van der Waals surface area contributed by atoms with Gasteiger partial charge < -0.3 is 23.5 Å². The second-order valence-electron chi connectivity index (χ2n) is 14.2. The number of imidazole rings is 1. The quantitative estimate of drug-likeness (QED) is 0.428. The summed E-state index contributed by atoms with van der Waals surface area (Å²) < 4.78 is 35.1. The van der Waals surface area contributed by atoms with Crippen molar-refractivity contribution in [3.05, 3.63) is 21.7 Å². The monoisotopic (exact) mass is 606 g/mol. The first-order valence-corrected chi connectivity index (χ1v) is 16.6. The predicted molar refractivity (Wildman–Crippen MR) is 159 cm³/mol. The zero-order valence-corrected chi connectivity index (χ0v) is 26.0. The fraction of sp³-hybridized carbons (Fsp3) is 0.750. The highest BCUT2D eigenvalue weighted by Gasteiger charge is 2.63. The molecule has 3 aliphatic carbocycles. The van der Waals surface area contributed by atoms with Crippen LogP contribution in [0.1, 0.15) is 76.0 Å². The van der Waals surface area contributed by atoms with Gasteiger partial charge in [-0.2, -0.15) is 4.98 Å². The van der Waals surface area contributed by atoms with Crippen molar-refractivity contribution in [2.75, 3.05) is 40.0 Å². The second kappa shape index (κ2) is 9.60. The largest absolute Gasteiger partial charge is 0.471 e. The molecular weight excluding hydrogens is 564 g/mol. The van der Waals surface area contributed by atoms with Gasteiger partial charge in [0.25, 0.3) is 0 Å². The van der Waals surface area contributed by atoms with Crippen LogP contribution in [-0.2, 0) is 38.6 Å². The summed E-state index contributed by atoms with van der Waals surface area (Å²) in [6, 6.07) is 0.268. The van der Waals surface area contributed by atoms with E-state index in [4.69, 9.17) is 38.6 Å². The van der Waals surface area contributed by atoms with Crippen molar-refractivity contribution in [1.29, 1.82) is 0 Å². The topological polar surface area (TPSA) is 119 Å². The molecule has 3 aromatic heterocycles. The van der Waals surface area contributed by atoms with Crippen LogP contribution in [0.15, 0.2) is 9.32 Å². The Bertz CT molecular complexity index is 1690. The molecule has 44 heavy (non-hydrogen) atoms. The first-order chi connectivity index (χ1) is 21.4. The molecule has 5 fully saturated rings. The van der Waals surface area contributed by atoms with Gasteiger partial charge in [-0.1, -0.05) is 11.6 Å². The summed E-state index contributed by atoms with van der Waals surface area (Å²) in [4.78, 5) is 26.4. The molecular formula is C32H42N6O6. The van der Waals surface area contributed by atoms with Crippen LogP contribution in [0.2, 0.25) is 0 Å². The Kier molecular flexibility index (Phi) is 6.00. The van der Waals surface area contributed by atoms with Crippen LogP contribution in [0, 0.1) is 5.92 Å². The number of ether oxygens (including phenoxy) is 4. The van der Waals surface area contributed by atoms with Gasteiger partial charge >= 0.3 is 5.69 Å². The van der Waals surface area contributed by atoms with Gasteiger partial charge in [-0.15, -0.1) is 0 Å². The number of hydrogen-bond acceptors (Lipinski definition) is 10. The lowest BCUT2D eigenvalue weighted by Crippen LogP contribution is -2.56. The van der Waals surface area contributed by atoms with Crippen LogP contribution in [0.3, 0.4) is 0 Å². The standard InChI is InChI=1S/C32H42N6O6/c1-19(22-9-7-13-36(22)2)43-28-23-27(38(29(39)37(23)3)31-16-20(31)17-40-18-31)33-26(34-28)24-21-8-6-11-30(25(21)35-44-24)10-4-5-12-32(30)41-14-15-42-32/h19-20,22H,4-18H2,1-3H3/t19-,20-,22-,30-,31-/m0/s1. The molecule has 12 nitrogen and oxygen atoms in total. The van der Waals surface area contributed by atoms with Crippen LogP contribution in [0.4, 0.5) is 0 Å². The maximum atomic E-state index is 13.9. The Balaban J connectivity index is 1.21. The third-order valence-electron chi connectivity index (χ3n) is 11.9. The SMILES string of the molecule is C[C@H](Oc1nc(-c2onc3c2CCC[C@@]32CCCCC23OCCO3)nc2c1n(C)c(=O)n2[C@@]12COC[C@@H]1C2)[C@@H]1CCCN1C. The summed E-state index contributed by atoms with van der Waals surface area (Å²) in [5, 5.41) is 4.76. The molecule has 236 valence electrons. The van der Waals surface area contributed by atoms with Crippen LogP contribution in [0.5, 0.6) is 5.88 Å². The normalized spacial score (nSPS) is 33.3. The molecule has 0 bridgehead atoms. The maximum absolute atomic E-state index is 13.9. The van der Waals surface area contributed by atoms with Gasteiger partial charge in [-0.05, 0) is 71.9 Å². The lowest BCUT2D eigenvalue weighted by Gasteiger charge is -2.50. The van der Waals surface area contributed by atoms with E-state index < -0.39 is 5.79 Å². The molecule has 12 heteroatoms. The van der Waals surface area contributed by atoms with Gasteiger partial charge in [0.2, 0.25) is 17.5 Å². The van der Waals surface area contributed by atoms with E-state index in [1.165, 1.54) is 0 Å². The third kappa shape index (κ3) is 3.59. The summed E-state index contributed by atoms with van der Waals surface area (Å²) in [5.74, 6) is 1.04. The molecule has 3 aliphatic heterocycles. The van der Waals surface area contributed by atoms with E-state index in [0.717, 1.165) is 82.0 Å². The molecule has 6 aliphatic rings. The highest BCUT2D eigenvalue weighted by molar-refractivity contribution is 5.80. The Labute approximate surface area is 256 Å². The highest BCUT2D eigenvalue weighted by Crippen LogP contribution is 2.57. The average molecular weight is 607 g/mol. The first kappa shape index (κ1) is 27.5. The van der Waals surface area contributed by atoms with Gasteiger partial charge in [0.1, 0.15) is 6.10 Å². The summed E-state index contributed by atoms with van der Waals surface area (Å²) in [6.07, 6.45) is 9.72. The van der Waals surface area contributed by atoms with Crippen molar-refractivity contribution in [3.63, 3.8) is 0 Å². The summed E-state index contributed by atoms with van der Waals surface area (Å²) in [6.45, 7) is 5.53. The van der Waals surface area contributed by atoms with Crippen LogP contribution in [-0.4, -0.2) is 87.1 Å². The zero-order chi connectivity index (χ0) is 29.8. The lowest BCUT2D eigenvalue weighted by atomic mass is 9.61. The van der Waals surface area contributed by atoms with Gasteiger partial charge in [-0.3, -0.25) is 14.0 Å². The second-order valence-corrected chi connectivity index (χ2v) is 14.2. The highest BCUT2D eigenvalue weighted by atomic mass is 16.7. The molecule has 0 N–H and O–H groups in total. The molecule has 2 saturated carbocycles. The number of nitrogens with zero attached hydrogens (tertiary/aromatic N) is 6. The number of likely N-dealkylation sites (tertiary alicyclic amines) is 1. The van der Waals surface area contributed by atoms with Crippen molar-refractivity contribution in [1.82, 2.24) is 29.2 Å². The van der Waals surface area contributed by atoms with Gasteiger partial charge in [0, 0.05) is 31.0 Å². The van der Waals surface area contributed by atoms with E-state index in [9.17, 15) is 4.79 Å². The number of aryl methyl sites for hydroxylation is 1. The number of rotatable bonds is 5. The third-order valence-corrected chi connectivity index (χ3v) is 11.9. The smallest absolute Gasteiger partial charge is 0.330 e. The fourth-order valence-electron chi connectivity index (χ4n) is 9.53. The van der Waals surface area contributed by atoms with E-state index >= 15 is 0 Å². The number of likely N-dealkylation sites (N-methyl/N-ethyl adjacent to an activating group) is 1. The van der Waals surface area contributed by atoms with E-state index in [2.05, 4.69) is 18.9 Å². The fourth-order valence-corrected chi connectivity index (χ4v) is 9.53. The molecule has 9 rings (SSSR count). The molecule has 5 atom stereocenters. The van der Waals surface area contributed by atoms with Gasteiger partial charge in [-0.25, -0.2) is 9.78 Å². The van der Waals surface area contributed by atoms with Crippen molar-refractivity contribution in [2.24, 2.45) is 13.0 Å². The zero-order valence-electron chi connectivity index (χ0n) is 26.0. The Hall–Kier alpha value is -2.80. The summed E-state index contributed by atoms with van der Waals surface area (Å²) in [5.41, 5.74) is 2.32. The average Bonchev–Trinajstić information content (AvgIpc) is 3.66. The van der Waals surface area contributed by atoms with Gasteiger partial charge in [0.05, 0.1) is 43.1 Å². The molecule has 2 spiro atoms. The number of fused-ring (bicyclic) bond motifs is 5. The van der Waals surface area contributed by atoms with Crippen molar-refractivity contribution >= 4 is 11.2 Å². The number of aromatic nitrogens is 5. The molecule has 0 radical (unpaired) electrons. The summed E-state index contributed by atoms with van der Waals surface area (Å²) in [7, 11) is 3.93. The van der Waals surface area contributed by atoms with Gasteiger partial charge in [0.15, 0.2) is 17.0 Å². The van der Waals surface area contributed by atoms with Crippen LogP contribution >= 0.6 is 0 Å². The minimum atomic E-state index is -0.654. The summed E-state index contributed by atoms with van der Waals surface area (Å²) >= 11 is 0. The van der Waals surface area contributed by atoms with E-state index in [-0.39, 0.29) is 28.8 Å². The van der Waals surface area contributed by atoms with E-state index in [0.29, 0.717) is 61.0 Å². The van der Waals surface area contributed by atoms with Crippen LogP contribution in [0.25, 0.3) is 22.7 Å². The predicted octanol–water partition coefficient (Wildman–Crippen LogP) is 3.28. The van der Waals surface area contributed by atoms with Crippen molar-refractivity contribution < 1.29 is 23.5 Å². The molecule has 0 aromatic carbocycles. The van der Waals surface area contributed by atoms with E-state index in [1.54, 1.807) is 11.6 Å². The first-order valence-electron chi connectivity index (χ1n) is 16.6. The van der Waals surface area contributed by atoms with Crippen molar-refractivity contribution in [3.8, 4) is 17.5 Å². The lowest BCUT2D eigenvalue weighted by molar-refractivity contribution is -0.231. The number of hydrogen-bond donors (Lipinski definition) is 0.